The van der Waals surface area contributed by atoms with Crippen molar-refractivity contribution in [3.63, 3.8) is 0 Å². The van der Waals surface area contributed by atoms with Crippen molar-refractivity contribution in [3.05, 3.63) is 29.6 Å². The van der Waals surface area contributed by atoms with Gasteiger partial charge in [-0.15, -0.1) is 0 Å². The largest absolute Gasteiger partial charge is 0.497 e. The van der Waals surface area contributed by atoms with Crippen LogP contribution in [-0.4, -0.2) is 19.6 Å². The van der Waals surface area contributed by atoms with E-state index in [0.717, 1.165) is 6.07 Å². The topological polar surface area (TPSA) is 62.1 Å². The number of halogens is 1. The van der Waals surface area contributed by atoms with Crippen molar-refractivity contribution in [2.24, 2.45) is 0 Å². The Labute approximate surface area is 86.3 Å². The second-order valence-corrected chi connectivity index (χ2v) is 2.69. The second-order valence-electron chi connectivity index (χ2n) is 2.69. The Kier molecular flexibility index (Phi) is 3.63. The van der Waals surface area contributed by atoms with E-state index in [-0.39, 0.29) is 12.1 Å². The molecule has 0 aliphatic carbocycles. The van der Waals surface area contributed by atoms with E-state index in [1.807, 2.05) is 0 Å². The molecule has 0 atom stereocenters. The Morgan fingerprint density at radius 1 is 1.67 bits per heavy atom. The molecule has 78 valence electrons. The zero-order chi connectivity index (χ0) is 11.3. The normalized spacial score (nSPS) is 9.13. The molecule has 0 aromatic heterocycles. The lowest BCUT2D eigenvalue weighted by molar-refractivity contribution is 0.0954. The molecule has 1 aromatic carbocycles. The quantitative estimate of drug-likeness (QED) is 0.756. The van der Waals surface area contributed by atoms with Crippen molar-refractivity contribution >= 4 is 5.91 Å². The maximum atomic E-state index is 13.3. The van der Waals surface area contributed by atoms with Gasteiger partial charge in [-0.05, 0) is 12.1 Å². The summed E-state index contributed by atoms with van der Waals surface area (Å²) in [5.41, 5.74) is -0.106. The molecule has 0 fully saturated rings. The van der Waals surface area contributed by atoms with Gasteiger partial charge in [-0.3, -0.25) is 4.79 Å². The number of nitriles is 1. The maximum absolute atomic E-state index is 13.3. The predicted octanol–water partition coefficient (Wildman–Crippen LogP) is 1.09. The van der Waals surface area contributed by atoms with Crippen LogP contribution in [0.5, 0.6) is 5.75 Å². The Morgan fingerprint density at radius 3 is 2.93 bits per heavy atom. The Hall–Kier alpha value is -2.09. The minimum atomic E-state index is -0.676. The molecule has 0 aliphatic rings. The van der Waals surface area contributed by atoms with E-state index in [1.165, 1.54) is 19.2 Å². The summed E-state index contributed by atoms with van der Waals surface area (Å²) in [4.78, 5) is 11.3. The molecule has 0 spiro atoms. The maximum Gasteiger partial charge on any atom is 0.255 e. The third kappa shape index (κ3) is 2.68. The average molecular weight is 208 g/mol. The molecule has 4 nitrogen and oxygen atoms in total. The number of amides is 1. The van der Waals surface area contributed by atoms with Gasteiger partial charge in [-0.25, -0.2) is 4.39 Å². The summed E-state index contributed by atoms with van der Waals surface area (Å²) in [6.45, 7) is -0.149. The van der Waals surface area contributed by atoms with Gasteiger partial charge in [0.15, 0.2) is 0 Å². The highest BCUT2D eigenvalue weighted by Crippen LogP contribution is 2.15. The molecule has 0 aliphatic heterocycles. The van der Waals surface area contributed by atoms with Gasteiger partial charge in [-0.1, -0.05) is 0 Å². The standard InChI is InChI=1S/C10H9FN2O2/c1-15-7-2-3-8(9(11)6-7)10(14)13-5-4-12/h2-3,6H,5H2,1H3,(H,13,14). The van der Waals surface area contributed by atoms with Crippen LogP contribution in [0.3, 0.4) is 0 Å². The molecule has 1 rings (SSSR count). The lowest BCUT2D eigenvalue weighted by Gasteiger charge is -2.04. The minimum absolute atomic E-state index is 0.106. The van der Waals surface area contributed by atoms with Crippen molar-refractivity contribution < 1.29 is 13.9 Å². The number of ether oxygens (including phenoxy) is 1. The molecule has 0 radical (unpaired) electrons. The van der Waals surface area contributed by atoms with E-state index in [9.17, 15) is 9.18 Å². The van der Waals surface area contributed by atoms with E-state index < -0.39 is 11.7 Å². The van der Waals surface area contributed by atoms with Gasteiger partial charge in [-0.2, -0.15) is 5.26 Å². The van der Waals surface area contributed by atoms with Gasteiger partial charge >= 0.3 is 0 Å². The lowest BCUT2D eigenvalue weighted by atomic mass is 10.2. The third-order valence-electron chi connectivity index (χ3n) is 1.75. The minimum Gasteiger partial charge on any atom is -0.497 e. The fourth-order valence-electron chi connectivity index (χ4n) is 1.02. The van der Waals surface area contributed by atoms with Crippen LogP contribution >= 0.6 is 0 Å². The fraction of sp³-hybridized carbons (Fsp3) is 0.200. The highest BCUT2D eigenvalue weighted by molar-refractivity contribution is 5.94. The number of benzene rings is 1. The molecular weight excluding hydrogens is 199 g/mol. The third-order valence-corrected chi connectivity index (χ3v) is 1.75. The number of nitrogens with zero attached hydrogens (tertiary/aromatic N) is 1. The van der Waals surface area contributed by atoms with Crippen molar-refractivity contribution in [2.45, 2.75) is 0 Å². The molecule has 0 saturated carbocycles. The summed E-state index contributed by atoms with van der Waals surface area (Å²) in [6.07, 6.45) is 0. The number of carbonyl (C=O) groups is 1. The first kappa shape index (κ1) is 11.0. The first-order valence-electron chi connectivity index (χ1n) is 4.17. The Balaban J connectivity index is 2.86. The summed E-state index contributed by atoms with van der Waals surface area (Å²) < 4.78 is 18.1. The number of carbonyl (C=O) groups excluding carboxylic acids is 1. The summed E-state index contributed by atoms with van der Waals surface area (Å²) in [7, 11) is 1.41. The number of hydrogen-bond donors (Lipinski definition) is 1. The van der Waals surface area contributed by atoms with Crippen molar-refractivity contribution in [2.75, 3.05) is 13.7 Å². The summed E-state index contributed by atoms with van der Waals surface area (Å²) >= 11 is 0. The van der Waals surface area contributed by atoms with Gasteiger partial charge < -0.3 is 10.1 Å². The highest BCUT2D eigenvalue weighted by atomic mass is 19.1. The molecule has 0 unspecified atom stereocenters. The van der Waals surface area contributed by atoms with Crippen LogP contribution in [0.2, 0.25) is 0 Å². The number of methoxy groups -OCH3 is 1. The van der Waals surface area contributed by atoms with E-state index in [2.05, 4.69) is 5.32 Å². The average Bonchev–Trinajstić information content (AvgIpc) is 2.25. The molecule has 1 aromatic rings. The van der Waals surface area contributed by atoms with E-state index in [0.29, 0.717) is 5.75 Å². The molecule has 1 N–H and O–H groups in total. The zero-order valence-corrected chi connectivity index (χ0v) is 8.08. The van der Waals surface area contributed by atoms with Crippen LogP contribution in [0.25, 0.3) is 0 Å². The van der Waals surface area contributed by atoms with Gasteiger partial charge in [0.1, 0.15) is 18.1 Å². The van der Waals surface area contributed by atoms with Crippen molar-refractivity contribution in [1.29, 1.82) is 5.26 Å². The molecule has 0 bridgehead atoms. The first-order valence-corrected chi connectivity index (χ1v) is 4.17. The summed E-state index contributed by atoms with van der Waals surface area (Å²) in [6, 6.07) is 5.63. The Morgan fingerprint density at radius 2 is 2.40 bits per heavy atom. The number of nitrogens with one attached hydrogen (secondary N) is 1. The molecule has 15 heavy (non-hydrogen) atoms. The van der Waals surface area contributed by atoms with Crippen LogP contribution in [0.15, 0.2) is 18.2 Å². The highest BCUT2D eigenvalue weighted by Gasteiger charge is 2.11. The summed E-state index contributed by atoms with van der Waals surface area (Å²) in [5.74, 6) is -0.953. The molecule has 0 saturated heterocycles. The van der Waals surface area contributed by atoms with Gasteiger partial charge in [0.2, 0.25) is 0 Å². The number of rotatable bonds is 3. The van der Waals surface area contributed by atoms with E-state index in [1.54, 1.807) is 6.07 Å². The fourth-order valence-corrected chi connectivity index (χ4v) is 1.02. The van der Waals surface area contributed by atoms with Crippen molar-refractivity contribution in [1.82, 2.24) is 5.32 Å². The van der Waals surface area contributed by atoms with Gasteiger partial charge in [0.25, 0.3) is 5.91 Å². The molecule has 5 heteroatoms. The monoisotopic (exact) mass is 208 g/mol. The van der Waals surface area contributed by atoms with Crippen LogP contribution in [0.4, 0.5) is 4.39 Å². The van der Waals surface area contributed by atoms with E-state index >= 15 is 0 Å². The van der Waals surface area contributed by atoms with Crippen LogP contribution in [0, 0.1) is 17.1 Å². The summed E-state index contributed by atoms with van der Waals surface area (Å²) in [5, 5.41) is 10.5. The second kappa shape index (κ2) is 4.96. The zero-order valence-electron chi connectivity index (χ0n) is 8.08. The van der Waals surface area contributed by atoms with Gasteiger partial charge in [0.05, 0.1) is 18.7 Å². The van der Waals surface area contributed by atoms with Crippen molar-refractivity contribution in [3.8, 4) is 11.8 Å². The molecular formula is C10H9FN2O2. The molecule has 1 amide bonds. The smallest absolute Gasteiger partial charge is 0.255 e. The van der Waals surface area contributed by atoms with Crippen LogP contribution < -0.4 is 10.1 Å². The number of hydrogen-bond acceptors (Lipinski definition) is 3. The predicted molar refractivity (Wildman–Crippen MR) is 50.9 cm³/mol. The van der Waals surface area contributed by atoms with Gasteiger partial charge in [0, 0.05) is 6.07 Å². The lowest BCUT2D eigenvalue weighted by Crippen LogP contribution is -2.24. The SMILES string of the molecule is COc1ccc(C(=O)NCC#N)c(F)c1. The van der Waals surface area contributed by atoms with Crippen LogP contribution in [-0.2, 0) is 0 Å². The molecule has 0 heterocycles. The van der Waals surface area contributed by atoms with E-state index in [4.69, 9.17) is 10.00 Å². The van der Waals surface area contributed by atoms with Crippen LogP contribution in [0.1, 0.15) is 10.4 Å². The first-order chi connectivity index (χ1) is 7.19. The Bertz CT molecular complexity index is 412.